The van der Waals surface area contributed by atoms with E-state index >= 15 is 0 Å². The summed E-state index contributed by atoms with van der Waals surface area (Å²) in [6, 6.07) is 7.84. The summed E-state index contributed by atoms with van der Waals surface area (Å²) in [6.45, 7) is 3.92. The largest absolute Gasteiger partial charge is 0.450 e. The summed E-state index contributed by atoms with van der Waals surface area (Å²) in [5.74, 6) is -0.424. The molecule has 138 valence electrons. The molecule has 1 fully saturated rings. The third kappa shape index (κ3) is 3.95. The molecule has 0 unspecified atom stereocenters. The van der Waals surface area contributed by atoms with Crippen LogP contribution >= 0.6 is 0 Å². The molecule has 0 saturated heterocycles. The normalized spacial score (nSPS) is 22.8. The zero-order valence-electron chi connectivity index (χ0n) is 15.0. The number of para-hydroxylation sites is 1. The minimum absolute atomic E-state index is 0.101. The molecule has 1 N–H and O–H groups in total. The highest BCUT2D eigenvalue weighted by Gasteiger charge is 2.28. The van der Waals surface area contributed by atoms with Crippen LogP contribution in [-0.2, 0) is 9.53 Å². The van der Waals surface area contributed by atoms with Gasteiger partial charge in [-0.3, -0.25) is 9.59 Å². The Morgan fingerprint density at radius 3 is 2.81 bits per heavy atom. The molecule has 0 spiro atoms. The number of benzene rings is 1. The van der Waals surface area contributed by atoms with E-state index < -0.39 is 12.6 Å². The van der Waals surface area contributed by atoms with Gasteiger partial charge in [0.25, 0.3) is 5.91 Å². The summed E-state index contributed by atoms with van der Waals surface area (Å²) in [6.07, 6.45) is 3.19. The molecule has 0 bridgehead atoms. The zero-order chi connectivity index (χ0) is 18.7. The smallest absolute Gasteiger partial charge is 0.374 e. The molecule has 1 saturated carbocycles. The van der Waals surface area contributed by atoms with Gasteiger partial charge >= 0.3 is 5.97 Å². The second-order valence-corrected chi connectivity index (χ2v) is 6.99. The predicted octanol–water partition coefficient (Wildman–Crippen LogP) is 2.89. The van der Waals surface area contributed by atoms with E-state index in [1.807, 2.05) is 0 Å². The molecule has 0 radical (unpaired) electrons. The maximum atomic E-state index is 12.1. The molecule has 6 nitrogen and oxygen atoms in total. The summed E-state index contributed by atoms with van der Waals surface area (Å²) in [4.78, 5) is 36.2. The Kier molecular flexibility index (Phi) is 5.40. The van der Waals surface area contributed by atoms with Crippen LogP contribution in [0.5, 0.6) is 0 Å². The van der Waals surface area contributed by atoms with E-state index in [9.17, 15) is 14.4 Å². The van der Waals surface area contributed by atoms with Crippen molar-refractivity contribution in [1.82, 2.24) is 5.32 Å². The van der Waals surface area contributed by atoms with E-state index in [-0.39, 0.29) is 23.1 Å². The van der Waals surface area contributed by atoms with Crippen molar-refractivity contribution in [2.24, 2.45) is 11.8 Å². The summed E-state index contributed by atoms with van der Waals surface area (Å²) >= 11 is 0. The van der Waals surface area contributed by atoms with Crippen molar-refractivity contribution < 1.29 is 18.7 Å². The molecule has 1 aliphatic rings. The van der Waals surface area contributed by atoms with Crippen LogP contribution in [0.3, 0.4) is 0 Å². The van der Waals surface area contributed by atoms with Crippen molar-refractivity contribution in [2.75, 3.05) is 6.61 Å². The zero-order valence-corrected chi connectivity index (χ0v) is 15.0. The van der Waals surface area contributed by atoms with E-state index in [1.165, 1.54) is 6.42 Å². The number of amides is 1. The molecule has 1 aromatic carbocycles. The monoisotopic (exact) mass is 357 g/mol. The Bertz CT molecular complexity index is 872. The molecule has 3 atom stereocenters. The van der Waals surface area contributed by atoms with Crippen LogP contribution in [0, 0.1) is 11.8 Å². The number of nitrogens with one attached hydrogen (secondary N) is 1. The average molecular weight is 357 g/mol. The van der Waals surface area contributed by atoms with Gasteiger partial charge in [-0.25, -0.2) is 4.79 Å². The first-order valence-electron chi connectivity index (χ1n) is 8.95. The van der Waals surface area contributed by atoms with Gasteiger partial charge in [0.2, 0.25) is 5.76 Å². The van der Waals surface area contributed by atoms with Crippen LogP contribution in [0.15, 0.2) is 39.5 Å². The standard InChI is InChI=1S/C20H23NO5/c1-12-6-5-8-15(13(12)2)21-19(23)11-25-20(24)18-10-16(22)14-7-3-4-9-17(14)26-18/h3-4,7,9-10,12-13,15H,5-6,8,11H2,1-2H3,(H,21,23)/t12-,13+,15+/m1/s1. The Balaban J connectivity index is 1.60. The first-order valence-corrected chi connectivity index (χ1v) is 8.95. The predicted molar refractivity (Wildman–Crippen MR) is 96.9 cm³/mol. The van der Waals surface area contributed by atoms with Gasteiger partial charge in [-0.1, -0.05) is 38.8 Å². The number of ether oxygens (including phenoxy) is 1. The van der Waals surface area contributed by atoms with Crippen molar-refractivity contribution in [3.05, 3.63) is 46.3 Å². The second-order valence-electron chi connectivity index (χ2n) is 6.99. The van der Waals surface area contributed by atoms with Gasteiger partial charge in [0.05, 0.1) is 5.39 Å². The highest BCUT2D eigenvalue weighted by atomic mass is 16.5. The van der Waals surface area contributed by atoms with Gasteiger partial charge in [-0.05, 0) is 30.4 Å². The van der Waals surface area contributed by atoms with E-state index in [2.05, 4.69) is 19.2 Å². The highest BCUT2D eigenvalue weighted by molar-refractivity contribution is 5.90. The quantitative estimate of drug-likeness (QED) is 0.851. The molecule has 3 rings (SSSR count). The number of rotatable bonds is 4. The maximum absolute atomic E-state index is 12.1. The van der Waals surface area contributed by atoms with Crippen molar-refractivity contribution in [1.29, 1.82) is 0 Å². The van der Waals surface area contributed by atoms with Crippen LogP contribution in [0.25, 0.3) is 11.0 Å². The molecule has 1 heterocycles. The summed E-state index contributed by atoms with van der Waals surface area (Å²) in [5, 5.41) is 3.33. The van der Waals surface area contributed by atoms with Crippen LogP contribution in [0.2, 0.25) is 0 Å². The number of carbonyl (C=O) groups excluding carboxylic acids is 2. The lowest BCUT2D eigenvalue weighted by Gasteiger charge is -2.34. The molecular formula is C20H23NO5. The van der Waals surface area contributed by atoms with Gasteiger partial charge in [0.1, 0.15) is 5.58 Å². The van der Waals surface area contributed by atoms with E-state index in [4.69, 9.17) is 9.15 Å². The first-order chi connectivity index (χ1) is 12.5. The molecule has 26 heavy (non-hydrogen) atoms. The maximum Gasteiger partial charge on any atom is 0.374 e. The van der Waals surface area contributed by atoms with Crippen molar-refractivity contribution in [3.63, 3.8) is 0 Å². The molecule has 1 amide bonds. The van der Waals surface area contributed by atoms with E-state index in [0.717, 1.165) is 18.9 Å². The number of hydrogen-bond acceptors (Lipinski definition) is 5. The second kappa shape index (κ2) is 7.72. The van der Waals surface area contributed by atoms with Gasteiger partial charge in [-0.15, -0.1) is 0 Å². The van der Waals surface area contributed by atoms with Gasteiger partial charge in [0.15, 0.2) is 12.0 Å². The van der Waals surface area contributed by atoms with Crippen LogP contribution in [0.1, 0.15) is 43.7 Å². The summed E-state index contributed by atoms with van der Waals surface area (Å²) < 4.78 is 10.4. The van der Waals surface area contributed by atoms with Crippen LogP contribution in [-0.4, -0.2) is 24.5 Å². The lowest BCUT2D eigenvalue weighted by Crippen LogP contribution is -2.45. The van der Waals surface area contributed by atoms with E-state index in [0.29, 0.717) is 22.8 Å². The molecular weight excluding hydrogens is 334 g/mol. The Morgan fingerprint density at radius 1 is 1.23 bits per heavy atom. The van der Waals surface area contributed by atoms with Crippen LogP contribution in [0.4, 0.5) is 0 Å². The lowest BCUT2D eigenvalue weighted by molar-refractivity contribution is -0.125. The molecule has 2 aromatic rings. The number of hydrogen-bond donors (Lipinski definition) is 1. The number of fused-ring (bicyclic) bond motifs is 1. The Morgan fingerprint density at radius 2 is 2.00 bits per heavy atom. The van der Waals surface area contributed by atoms with Gasteiger partial charge in [-0.2, -0.15) is 0 Å². The molecule has 1 aromatic heterocycles. The van der Waals surface area contributed by atoms with E-state index in [1.54, 1.807) is 24.3 Å². The minimum Gasteiger partial charge on any atom is -0.450 e. The third-order valence-electron chi connectivity index (χ3n) is 5.22. The average Bonchev–Trinajstić information content (AvgIpc) is 2.63. The topological polar surface area (TPSA) is 85.6 Å². The fourth-order valence-electron chi connectivity index (χ4n) is 3.44. The van der Waals surface area contributed by atoms with Crippen LogP contribution < -0.4 is 10.7 Å². The fraction of sp³-hybridized carbons (Fsp3) is 0.450. The molecule has 1 aliphatic carbocycles. The first kappa shape index (κ1) is 18.2. The van der Waals surface area contributed by atoms with Crippen molar-refractivity contribution in [3.8, 4) is 0 Å². The van der Waals surface area contributed by atoms with Crippen molar-refractivity contribution >= 4 is 22.8 Å². The third-order valence-corrected chi connectivity index (χ3v) is 5.22. The molecule has 0 aliphatic heterocycles. The SMILES string of the molecule is C[C@H]1[C@H](C)CCC[C@@H]1NC(=O)COC(=O)c1cc(=O)c2ccccc2o1. The Hall–Kier alpha value is -2.63. The Labute approximate surface area is 151 Å². The number of esters is 1. The minimum atomic E-state index is -0.826. The highest BCUT2D eigenvalue weighted by Crippen LogP contribution is 2.29. The van der Waals surface area contributed by atoms with Gasteiger partial charge < -0.3 is 14.5 Å². The van der Waals surface area contributed by atoms with Gasteiger partial charge in [0, 0.05) is 12.1 Å². The van der Waals surface area contributed by atoms with Crippen molar-refractivity contribution in [2.45, 2.75) is 39.2 Å². The summed E-state index contributed by atoms with van der Waals surface area (Å²) in [5.41, 5.74) is -0.0188. The summed E-state index contributed by atoms with van der Waals surface area (Å²) in [7, 11) is 0. The number of carbonyl (C=O) groups is 2. The fourth-order valence-corrected chi connectivity index (χ4v) is 3.44. The lowest BCUT2D eigenvalue weighted by atomic mass is 9.78. The molecule has 6 heteroatoms.